The van der Waals surface area contributed by atoms with Gasteiger partial charge < -0.3 is 0 Å². The van der Waals surface area contributed by atoms with Gasteiger partial charge in [0, 0.05) is 11.9 Å². The van der Waals surface area contributed by atoms with Gasteiger partial charge in [0.15, 0.2) is 0 Å². The molecular formula is C8H10F3N. The van der Waals surface area contributed by atoms with Crippen molar-refractivity contribution in [3.8, 4) is 0 Å². The summed E-state index contributed by atoms with van der Waals surface area (Å²) in [6, 6.07) is 0. The van der Waals surface area contributed by atoms with E-state index in [1.54, 1.807) is 13.8 Å². The Hall–Kier alpha value is -1.06. The molecule has 0 radical (unpaired) electrons. The fourth-order valence-electron chi connectivity index (χ4n) is 0.440. The highest BCUT2D eigenvalue weighted by atomic mass is 19.4. The molecule has 4 heteroatoms. The number of halogens is 3. The molecule has 12 heavy (non-hydrogen) atoms. The minimum Gasteiger partial charge on any atom is -0.266 e. The van der Waals surface area contributed by atoms with Crippen LogP contribution >= 0.6 is 0 Å². The van der Waals surface area contributed by atoms with Crippen molar-refractivity contribution in [3.63, 3.8) is 0 Å². The predicted molar refractivity (Wildman–Crippen MR) is 43.1 cm³/mol. The highest BCUT2D eigenvalue weighted by Crippen LogP contribution is 2.25. The zero-order valence-electron chi connectivity index (χ0n) is 6.94. The number of hydrogen-bond donors (Lipinski definition) is 0. The molecule has 0 rings (SSSR count). The molecule has 68 valence electrons. The highest BCUT2D eigenvalue weighted by Gasteiger charge is 2.31. The lowest BCUT2D eigenvalue weighted by Gasteiger charge is -2.04. The zero-order valence-corrected chi connectivity index (χ0v) is 6.94. The Bertz CT molecular complexity index is 219. The van der Waals surface area contributed by atoms with Gasteiger partial charge in [0.1, 0.15) is 0 Å². The first-order valence-electron chi connectivity index (χ1n) is 3.28. The van der Waals surface area contributed by atoms with Crippen molar-refractivity contribution in [1.82, 2.24) is 0 Å². The fourth-order valence-corrected chi connectivity index (χ4v) is 0.440. The van der Waals surface area contributed by atoms with Crippen LogP contribution in [0.2, 0.25) is 0 Å². The van der Waals surface area contributed by atoms with Crippen LogP contribution in [0, 0.1) is 0 Å². The Balaban J connectivity index is 4.68. The second-order valence-corrected chi connectivity index (χ2v) is 2.36. The van der Waals surface area contributed by atoms with E-state index in [-0.39, 0.29) is 0 Å². The second-order valence-electron chi connectivity index (χ2n) is 2.36. The molecule has 0 heterocycles. The van der Waals surface area contributed by atoms with Crippen LogP contribution < -0.4 is 0 Å². The van der Waals surface area contributed by atoms with Gasteiger partial charge in [0.2, 0.25) is 0 Å². The van der Waals surface area contributed by atoms with Gasteiger partial charge in [-0.3, -0.25) is 4.99 Å². The first-order chi connectivity index (χ1) is 5.38. The number of alkyl halides is 3. The molecule has 0 N–H and O–H groups in total. The predicted octanol–water partition coefficient (Wildman–Crippen LogP) is 3.10. The number of allylic oxidation sites excluding steroid dienone is 2. The lowest BCUT2D eigenvalue weighted by molar-refractivity contribution is -0.0883. The van der Waals surface area contributed by atoms with Gasteiger partial charge in [-0.05, 0) is 13.8 Å². The summed E-state index contributed by atoms with van der Waals surface area (Å²) in [6.07, 6.45) is -2.85. The molecule has 0 aliphatic heterocycles. The SMILES string of the molecule is C=C/C(=C\N=C(C)C)C(F)(F)F. The Kier molecular flexibility index (Phi) is 3.73. The Morgan fingerprint density at radius 3 is 2.08 bits per heavy atom. The van der Waals surface area contributed by atoms with E-state index in [1.807, 2.05) is 0 Å². The van der Waals surface area contributed by atoms with E-state index in [0.29, 0.717) is 5.71 Å². The Morgan fingerprint density at radius 1 is 1.33 bits per heavy atom. The van der Waals surface area contributed by atoms with E-state index in [1.165, 1.54) is 0 Å². The van der Waals surface area contributed by atoms with Gasteiger partial charge in [-0.1, -0.05) is 12.7 Å². The summed E-state index contributed by atoms with van der Waals surface area (Å²) in [5.41, 5.74) is -0.262. The van der Waals surface area contributed by atoms with Crippen molar-refractivity contribution >= 4 is 5.71 Å². The maximum absolute atomic E-state index is 12.0. The molecule has 0 fully saturated rings. The van der Waals surface area contributed by atoms with E-state index in [2.05, 4.69) is 11.6 Å². The van der Waals surface area contributed by atoms with Crippen LogP contribution in [-0.4, -0.2) is 11.9 Å². The molecule has 0 amide bonds. The standard InChI is InChI=1S/C8H10F3N/c1-4-7(8(9,10)11)5-12-6(2)3/h4-5H,1H2,2-3H3/b7-5+. The summed E-state index contributed by atoms with van der Waals surface area (Å²) in [4.78, 5) is 3.53. The average Bonchev–Trinajstić information content (AvgIpc) is 1.85. The average molecular weight is 177 g/mol. The van der Waals surface area contributed by atoms with Gasteiger partial charge in [-0.2, -0.15) is 13.2 Å². The quantitative estimate of drug-likeness (QED) is 0.454. The molecule has 0 aromatic carbocycles. The highest BCUT2D eigenvalue weighted by molar-refractivity contribution is 5.79. The van der Waals surface area contributed by atoms with Crippen molar-refractivity contribution in [3.05, 3.63) is 24.4 Å². The van der Waals surface area contributed by atoms with Crippen molar-refractivity contribution in [2.75, 3.05) is 0 Å². The number of hydrogen-bond acceptors (Lipinski definition) is 1. The van der Waals surface area contributed by atoms with E-state index < -0.39 is 11.7 Å². The molecule has 0 aliphatic rings. The largest absolute Gasteiger partial charge is 0.417 e. The van der Waals surface area contributed by atoms with Crippen molar-refractivity contribution < 1.29 is 13.2 Å². The molecular weight excluding hydrogens is 167 g/mol. The maximum Gasteiger partial charge on any atom is 0.417 e. The molecule has 0 aromatic heterocycles. The van der Waals surface area contributed by atoms with Crippen LogP contribution in [0.15, 0.2) is 29.4 Å². The third-order valence-corrected chi connectivity index (χ3v) is 1.01. The van der Waals surface area contributed by atoms with Crippen LogP contribution in [0.3, 0.4) is 0 Å². The molecule has 0 atom stereocenters. The van der Waals surface area contributed by atoms with E-state index in [4.69, 9.17) is 0 Å². The first-order valence-corrected chi connectivity index (χ1v) is 3.28. The van der Waals surface area contributed by atoms with Crippen molar-refractivity contribution in [1.29, 1.82) is 0 Å². The van der Waals surface area contributed by atoms with Crippen molar-refractivity contribution in [2.24, 2.45) is 4.99 Å². The molecule has 0 bridgehead atoms. The fraction of sp³-hybridized carbons (Fsp3) is 0.375. The number of nitrogens with zero attached hydrogens (tertiary/aromatic N) is 1. The molecule has 0 unspecified atom stereocenters. The molecule has 1 nitrogen and oxygen atoms in total. The minimum atomic E-state index is -4.36. The van der Waals surface area contributed by atoms with Gasteiger partial charge in [0.05, 0.1) is 5.57 Å². The third kappa shape index (κ3) is 3.95. The smallest absolute Gasteiger partial charge is 0.266 e. The van der Waals surface area contributed by atoms with Gasteiger partial charge >= 0.3 is 6.18 Å². The number of rotatable bonds is 2. The summed E-state index contributed by atoms with van der Waals surface area (Å²) in [5.74, 6) is 0. The van der Waals surface area contributed by atoms with Gasteiger partial charge in [-0.25, -0.2) is 0 Å². The Labute approximate surface area is 69.3 Å². The molecule has 0 saturated carbocycles. The lowest BCUT2D eigenvalue weighted by Crippen LogP contribution is -2.09. The monoisotopic (exact) mass is 177 g/mol. The summed E-state index contributed by atoms with van der Waals surface area (Å²) in [7, 11) is 0. The molecule has 0 spiro atoms. The molecule has 0 aromatic rings. The molecule has 0 saturated heterocycles. The molecule has 0 aliphatic carbocycles. The van der Waals surface area contributed by atoms with Crippen LogP contribution in [0.25, 0.3) is 0 Å². The number of aliphatic imine (C=N–C) groups is 1. The zero-order chi connectivity index (χ0) is 9.78. The topological polar surface area (TPSA) is 12.4 Å². The lowest BCUT2D eigenvalue weighted by atomic mass is 10.3. The second kappa shape index (κ2) is 4.09. The van der Waals surface area contributed by atoms with Gasteiger partial charge in [0.25, 0.3) is 0 Å². The van der Waals surface area contributed by atoms with Crippen molar-refractivity contribution in [2.45, 2.75) is 20.0 Å². The van der Waals surface area contributed by atoms with Crippen LogP contribution in [0.5, 0.6) is 0 Å². The van der Waals surface area contributed by atoms with Gasteiger partial charge in [-0.15, -0.1) is 0 Å². The first kappa shape index (κ1) is 10.9. The van der Waals surface area contributed by atoms with Crippen LogP contribution in [0.1, 0.15) is 13.8 Å². The van der Waals surface area contributed by atoms with E-state index >= 15 is 0 Å². The minimum absolute atomic E-state index is 0.568. The van der Waals surface area contributed by atoms with E-state index in [0.717, 1.165) is 12.3 Å². The summed E-state index contributed by atoms with van der Waals surface area (Å²) in [5, 5.41) is 0. The Morgan fingerprint density at radius 2 is 1.83 bits per heavy atom. The van der Waals surface area contributed by atoms with Crippen LogP contribution in [-0.2, 0) is 0 Å². The summed E-state index contributed by atoms with van der Waals surface area (Å²) in [6.45, 7) is 6.29. The summed E-state index contributed by atoms with van der Waals surface area (Å²) >= 11 is 0. The maximum atomic E-state index is 12.0. The normalized spacial score (nSPS) is 12.6. The van der Waals surface area contributed by atoms with Crippen LogP contribution in [0.4, 0.5) is 13.2 Å². The van der Waals surface area contributed by atoms with E-state index in [9.17, 15) is 13.2 Å². The summed E-state index contributed by atoms with van der Waals surface area (Å²) < 4.78 is 35.9. The third-order valence-electron chi connectivity index (χ3n) is 1.01.